The van der Waals surface area contributed by atoms with E-state index in [1.165, 1.54) is 23.9 Å². The highest BCUT2D eigenvalue weighted by Crippen LogP contribution is 2.40. The molecule has 8 heteroatoms. The van der Waals surface area contributed by atoms with E-state index in [-0.39, 0.29) is 23.6 Å². The van der Waals surface area contributed by atoms with Gasteiger partial charge in [0, 0.05) is 14.1 Å². The molecule has 8 nitrogen and oxygen atoms in total. The zero-order valence-corrected chi connectivity index (χ0v) is 14.5. The maximum atomic E-state index is 12.7. The Hall–Kier alpha value is -1.80. The van der Waals surface area contributed by atoms with Gasteiger partial charge in [-0.05, 0) is 39.5 Å². The van der Waals surface area contributed by atoms with E-state index in [0.29, 0.717) is 25.7 Å². The highest BCUT2D eigenvalue weighted by atomic mass is 16.2. The van der Waals surface area contributed by atoms with E-state index in [1.807, 2.05) is 0 Å². The van der Waals surface area contributed by atoms with Crippen molar-refractivity contribution in [3.8, 4) is 0 Å². The second-order valence-electron chi connectivity index (χ2n) is 7.30. The van der Waals surface area contributed by atoms with Crippen molar-refractivity contribution in [2.24, 2.45) is 0 Å². The second-order valence-corrected chi connectivity index (χ2v) is 7.30. The van der Waals surface area contributed by atoms with Crippen LogP contribution in [0.3, 0.4) is 0 Å². The average molecular weight is 336 g/mol. The maximum absolute atomic E-state index is 12.7. The molecule has 3 fully saturated rings. The Morgan fingerprint density at radius 2 is 1.04 bits per heavy atom. The second kappa shape index (κ2) is 5.35. The SMILES string of the molecule is C[C@@H]1NC2(CCC3(CC2)N[C@@H](C)C(=O)N(C)C3=O)C(=O)N(C)C1=O. The normalized spacial score (nSPS) is 40.8. The van der Waals surface area contributed by atoms with Crippen molar-refractivity contribution in [2.75, 3.05) is 14.1 Å². The van der Waals surface area contributed by atoms with E-state index < -0.39 is 23.2 Å². The van der Waals surface area contributed by atoms with Crippen molar-refractivity contribution in [1.82, 2.24) is 20.4 Å². The third kappa shape index (κ3) is 2.20. The number of carbonyl (C=O) groups excluding carboxylic acids is 4. The number of amides is 4. The molecule has 132 valence electrons. The van der Waals surface area contributed by atoms with Crippen LogP contribution in [0, 0.1) is 0 Å². The van der Waals surface area contributed by atoms with E-state index in [1.54, 1.807) is 13.8 Å². The van der Waals surface area contributed by atoms with Crippen LogP contribution in [0.2, 0.25) is 0 Å². The maximum Gasteiger partial charge on any atom is 0.249 e. The van der Waals surface area contributed by atoms with Gasteiger partial charge in [0.2, 0.25) is 23.6 Å². The summed E-state index contributed by atoms with van der Waals surface area (Å²) in [6, 6.07) is -0.861. The number of carbonyl (C=O) groups is 4. The fourth-order valence-corrected chi connectivity index (χ4v) is 4.32. The highest BCUT2D eigenvalue weighted by molar-refractivity contribution is 6.06. The molecule has 0 unspecified atom stereocenters. The van der Waals surface area contributed by atoms with Crippen molar-refractivity contribution < 1.29 is 19.2 Å². The first-order valence-corrected chi connectivity index (χ1v) is 8.33. The first-order chi connectivity index (χ1) is 11.1. The molecule has 4 amide bonds. The summed E-state index contributed by atoms with van der Waals surface area (Å²) in [7, 11) is 3.01. The molecule has 0 bridgehead atoms. The Labute approximate surface area is 140 Å². The van der Waals surface area contributed by atoms with Crippen LogP contribution in [0.5, 0.6) is 0 Å². The molecule has 0 aromatic rings. The van der Waals surface area contributed by atoms with Crippen LogP contribution in [0.25, 0.3) is 0 Å². The molecular weight excluding hydrogens is 312 g/mol. The monoisotopic (exact) mass is 336 g/mol. The minimum Gasteiger partial charge on any atom is -0.292 e. The van der Waals surface area contributed by atoms with E-state index in [9.17, 15) is 19.2 Å². The van der Waals surface area contributed by atoms with Crippen LogP contribution in [0.15, 0.2) is 0 Å². The van der Waals surface area contributed by atoms with Crippen LogP contribution in [0.1, 0.15) is 39.5 Å². The summed E-state index contributed by atoms with van der Waals surface area (Å²) in [6.45, 7) is 3.49. The molecule has 24 heavy (non-hydrogen) atoms. The van der Waals surface area contributed by atoms with E-state index in [4.69, 9.17) is 0 Å². The lowest BCUT2D eigenvalue weighted by Gasteiger charge is -2.52. The van der Waals surface area contributed by atoms with Crippen molar-refractivity contribution in [3.63, 3.8) is 0 Å². The number of rotatable bonds is 0. The quantitative estimate of drug-likeness (QED) is 0.550. The number of hydrogen-bond acceptors (Lipinski definition) is 6. The number of imide groups is 2. The number of likely N-dealkylation sites (N-methyl/N-ethyl adjacent to an activating group) is 2. The lowest BCUT2D eigenvalue weighted by atomic mass is 9.69. The Kier molecular flexibility index (Phi) is 3.80. The van der Waals surface area contributed by atoms with Crippen molar-refractivity contribution in [2.45, 2.75) is 62.7 Å². The molecule has 2 saturated heterocycles. The van der Waals surface area contributed by atoms with Crippen molar-refractivity contribution in [3.05, 3.63) is 0 Å². The van der Waals surface area contributed by atoms with Crippen molar-refractivity contribution in [1.29, 1.82) is 0 Å². The van der Waals surface area contributed by atoms with Crippen LogP contribution < -0.4 is 10.6 Å². The third-order valence-corrected chi connectivity index (χ3v) is 5.77. The number of nitrogens with zero attached hydrogens (tertiary/aromatic N) is 2. The molecule has 0 radical (unpaired) electrons. The third-order valence-electron chi connectivity index (χ3n) is 5.77. The summed E-state index contributed by atoms with van der Waals surface area (Å²) in [5, 5.41) is 6.34. The zero-order chi connectivity index (χ0) is 17.9. The molecule has 3 rings (SSSR count). The van der Waals surface area contributed by atoms with Gasteiger partial charge in [-0.25, -0.2) is 0 Å². The van der Waals surface area contributed by atoms with E-state index in [2.05, 4.69) is 10.6 Å². The standard InChI is InChI=1S/C16H24N4O4/c1-9-11(21)19(3)13(23)15(17-9)5-7-16(8-6-15)14(24)20(4)12(22)10(2)18-16/h9-10,17-18H,5-8H2,1-4H3/t9-,10-,15?,16?/m0/s1. The van der Waals surface area contributed by atoms with Crippen LogP contribution in [-0.2, 0) is 19.2 Å². The molecular formula is C16H24N4O4. The first-order valence-electron chi connectivity index (χ1n) is 8.33. The van der Waals surface area contributed by atoms with Gasteiger partial charge in [0.15, 0.2) is 0 Å². The van der Waals surface area contributed by atoms with Gasteiger partial charge in [-0.3, -0.25) is 39.6 Å². The lowest BCUT2D eigenvalue weighted by molar-refractivity contribution is -0.162. The Morgan fingerprint density at radius 3 is 1.33 bits per heavy atom. The molecule has 1 saturated carbocycles. The predicted octanol–water partition coefficient (Wildman–Crippen LogP) is -1.01. The number of piperazine rings is 2. The Morgan fingerprint density at radius 1 is 0.750 bits per heavy atom. The molecule has 3 aliphatic rings. The Balaban J connectivity index is 1.83. The summed E-state index contributed by atoms with van der Waals surface area (Å²) in [6.07, 6.45) is 1.78. The minimum absolute atomic E-state index is 0.235. The lowest BCUT2D eigenvalue weighted by Crippen LogP contribution is -2.75. The molecule has 1 aliphatic carbocycles. The predicted molar refractivity (Wildman–Crippen MR) is 84.7 cm³/mol. The first kappa shape index (κ1) is 17.0. The van der Waals surface area contributed by atoms with Crippen molar-refractivity contribution >= 4 is 23.6 Å². The summed E-state index contributed by atoms with van der Waals surface area (Å²) in [4.78, 5) is 51.6. The largest absolute Gasteiger partial charge is 0.292 e. The molecule has 0 aromatic heterocycles. The van der Waals surface area contributed by atoms with Gasteiger partial charge in [-0.2, -0.15) is 0 Å². The minimum atomic E-state index is -0.807. The molecule has 0 aromatic carbocycles. The van der Waals surface area contributed by atoms with Gasteiger partial charge >= 0.3 is 0 Å². The summed E-state index contributed by atoms with van der Waals surface area (Å²) < 4.78 is 0. The van der Waals surface area contributed by atoms with Gasteiger partial charge in [-0.1, -0.05) is 0 Å². The van der Waals surface area contributed by atoms with Gasteiger partial charge in [-0.15, -0.1) is 0 Å². The van der Waals surface area contributed by atoms with Gasteiger partial charge in [0.25, 0.3) is 0 Å². The van der Waals surface area contributed by atoms with Gasteiger partial charge < -0.3 is 0 Å². The molecule has 2 heterocycles. The molecule has 2 atom stereocenters. The average Bonchev–Trinajstić information content (AvgIpc) is 2.57. The topological polar surface area (TPSA) is 98.8 Å². The summed E-state index contributed by atoms with van der Waals surface area (Å²) >= 11 is 0. The fourth-order valence-electron chi connectivity index (χ4n) is 4.32. The molecule has 2 spiro atoms. The molecule has 2 N–H and O–H groups in total. The van der Waals surface area contributed by atoms with Gasteiger partial charge in [0.1, 0.15) is 0 Å². The summed E-state index contributed by atoms with van der Waals surface area (Å²) in [5.41, 5.74) is -1.61. The van der Waals surface area contributed by atoms with Gasteiger partial charge in [0.05, 0.1) is 23.2 Å². The molecule has 2 aliphatic heterocycles. The van der Waals surface area contributed by atoms with E-state index in [0.717, 1.165) is 0 Å². The smallest absolute Gasteiger partial charge is 0.249 e. The van der Waals surface area contributed by atoms with Crippen LogP contribution in [0.4, 0.5) is 0 Å². The summed E-state index contributed by atoms with van der Waals surface area (Å²) in [5.74, 6) is -0.948. The van der Waals surface area contributed by atoms with Crippen LogP contribution in [-0.4, -0.2) is 70.7 Å². The zero-order valence-electron chi connectivity index (χ0n) is 14.5. The van der Waals surface area contributed by atoms with E-state index >= 15 is 0 Å². The van der Waals surface area contributed by atoms with Crippen LogP contribution >= 0.6 is 0 Å². The number of nitrogens with one attached hydrogen (secondary N) is 2. The highest BCUT2D eigenvalue weighted by Gasteiger charge is 2.57. The Bertz CT molecular complexity index is 570. The number of hydrogen-bond donors (Lipinski definition) is 2. The fraction of sp³-hybridized carbons (Fsp3) is 0.750.